The van der Waals surface area contributed by atoms with Crippen LogP contribution in [0.5, 0.6) is 0 Å². The van der Waals surface area contributed by atoms with Crippen molar-refractivity contribution in [2.24, 2.45) is 0 Å². The number of hydrogen-bond acceptors (Lipinski definition) is 2. The van der Waals surface area contributed by atoms with Gasteiger partial charge >= 0.3 is 0 Å². The summed E-state index contributed by atoms with van der Waals surface area (Å²) in [5.41, 5.74) is 1.72. The molecule has 0 radical (unpaired) electrons. The molecule has 0 amide bonds. The zero-order valence-electron chi connectivity index (χ0n) is 10.0. The minimum absolute atomic E-state index is 0.180. The van der Waals surface area contributed by atoms with Crippen LogP contribution in [0.4, 0.5) is 9.57 Å². The van der Waals surface area contributed by atoms with Gasteiger partial charge in [-0.3, -0.25) is 4.31 Å². The molecule has 0 saturated carbocycles. The van der Waals surface area contributed by atoms with Crippen molar-refractivity contribution in [1.29, 1.82) is 0 Å². The standard InChI is InChI=1S/C15H11BrFNS/c16-14-8-10-15(11-9-14)18(19-17)12-4-7-13-5-2-1-3-6-13/h1-3,5-6,8-11H,12H2. The molecule has 0 fully saturated rings. The van der Waals surface area contributed by atoms with E-state index >= 15 is 0 Å². The van der Waals surface area contributed by atoms with Gasteiger partial charge < -0.3 is 0 Å². The van der Waals surface area contributed by atoms with E-state index in [2.05, 4.69) is 27.8 Å². The summed E-state index contributed by atoms with van der Waals surface area (Å²) in [6.45, 7) is 0.331. The van der Waals surface area contributed by atoms with E-state index in [9.17, 15) is 3.89 Å². The quantitative estimate of drug-likeness (QED) is 0.583. The highest BCUT2D eigenvalue weighted by atomic mass is 79.9. The summed E-state index contributed by atoms with van der Waals surface area (Å²) in [5, 5.41) is 0. The molecule has 0 unspecified atom stereocenters. The first-order valence-corrected chi connectivity index (χ1v) is 7.12. The predicted molar refractivity (Wildman–Crippen MR) is 83.5 cm³/mol. The van der Waals surface area contributed by atoms with Crippen LogP contribution in [-0.2, 0) is 0 Å². The molecule has 0 aliphatic heterocycles. The lowest BCUT2D eigenvalue weighted by Crippen LogP contribution is -2.12. The normalized spacial score (nSPS) is 9.58. The van der Waals surface area contributed by atoms with Crippen LogP contribution in [0.2, 0.25) is 0 Å². The molecule has 0 saturated heterocycles. The van der Waals surface area contributed by atoms with Crippen molar-refractivity contribution in [3.63, 3.8) is 0 Å². The summed E-state index contributed by atoms with van der Waals surface area (Å²) < 4.78 is 15.4. The molecule has 2 aromatic carbocycles. The van der Waals surface area contributed by atoms with Crippen molar-refractivity contribution in [2.75, 3.05) is 10.8 Å². The topological polar surface area (TPSA) is 3.24 Å². The van der Waals surface area contributed by atoms with Crippen LogP contribution in [0.1, 0.15) is 5.56 Å². The fraction of sp³-hybridized carbons (Fsp3) is 0.0667. The Morgan fingerprint density at radius 3 is 2.37 bits per heavy atom. The molecule has 0 N–H and O–H groups in total. The minimum atomic E-state index is 0.180. The third-order valence-electron chi connectivity index (χ3n) is 2.43. The van der Waals surface area contributed by atoms with E-state index in [0.29, 0.717) is 6.54 Å². The van der Waals surface area contributed by atoms with Gasteiger partial charge in [0.2, 0.25) is 0 Å². The predicted octanol–water partition coefficient (Wildman–Crippen LogP) is 4.84. The summed E-state index contributed by atoms with van der Waals surface area (Å²) in [7, 11) is 0. The van der Waals surface area contributed by atoms with Crippen LogP contribution in [0, 0.1) is 11.8 Å². The lowest BCUT2D eigenvalue weighted by Gasteiger charge is -2.15. The van der Waals surface area contributed by atoms with Gasteiger partial charge in [0, 0.05) is 10.0 Å². The molecule has 19 heavy (non-hydrogen) atoms. The molecule has 0 heterocycles. The molecular formula is C15H11BrFNS. The molecule has 96 valence electrons. The maximum Gasteiger partial charge on any atom is 0.166 e. The number of nitrogens with zero attached hydrogens (tertiary/aromatic N) is 1. The second-order valence-electron chi connectivity index (χ2n) is 3.75. The summed E-state index contributed by atoms with van der Waals surface area (Å²) >= 11 is 3.53. The summed E-state index contributed by atoms with van der Waals surface area (Å²) in [5.74, 6) is 5.98. The molecule has 0 aromatic heterocycles. The van der Waals surface area contributed by atoms with Crippen LogP contribution >= 0.6 is 28.3 Å². The van der Waals surface area contributed by atoms with Gasteiger partial charge in [-0.15, -0.1) is 3.89 Å². The molecule has 2 rings (SSSR count). The lowest BCUT2D eigenvalue weighted by molar-refractivity contribution is 0.924. The Labute approximate surface area is 125 Å². The van der Waals surface area contributed by atoms with E-state index < -0.39 is 0 Å². The Hall–Kier alpha value is -1.44. The third kappa shape index (κ3) is 4.30. The second kappa shape index (κ2) is 7.22. The van der Waals surface area contributed by atoms with E-state index in [1.54, 1.807) is 0 Å². The molecule has 2 aromatic rings. The van der Waals surface area contributed by atoms with Gasteiger partial charge in [-0.2, -0.15) is 0 Å². The third-order valence-corrected chi connectivity index (χ3v) is 3.46. The van der Waals surface area contributed by atoms with Gasteiger partial charge in [0.25, 0.3) is 0 Å². The molecule has 1 nitrogen and oxygen atoms in total. The number of halogens is 2. The molecule has 0 aliphatic rings. The number of rotatable bonds is 3. The van der Waals surface area contributed by atoms with E-state index in [1.165, 1.54) is 4.31 Å². The van der Waals surface area contributed by atoms with E-state index in [0.717, 1.165) is 15.7 Å². The van der Waals surface area contributed by atoms with Crippen LogP contribution in [-0.4, -0.2) is 6.54 Å². The second-order valence-corrected chi connectivity index (χ2v) is 5.24. The highest BCUT2D eigenvalue weighted by Crippen LogP contribution is 2.24. The Morgan fingerprint density at radius 2 is 1.74 bits per heavy atom. The van der Waals surface area contributed by atoms with Gasteiger partial charge in [0.05, 0.1) is 12.2 Å². The monoisotopic (exact) mass is 335 g/mol. The number of benzene rings is 2. The van der Waals surface area contributed by atoms with Gasteiger partial charge in [0.15, 0.2) is 12.3 Å². The van der Waals surface area contributed by atoms with Gasteiger partial charge in [-0.25, -0.2) is 0 Å². The van der Waals surface area contributed by atoms with Gasteiger partial charge in [-0.1, -0.05) is 46.0 Å². The Morgan fingerprint density at radius 1 is 1.05 bits per heavy atom. The molecule has 4 heteroatoms. The van der Waals surface area contributed by atoms with Crippen molar-refractivity contribution in [2.45, 2.75) is 0 Å². The maximum atomic E-state index is 12.9. The molecule has 0 aliphatic carbocycles. The van der Waals surface area contributed by atoms with Crippen LogP contribution in [0.15, 0.2) is 59.1 Å². The maximum absolute atomic E-state index is 12.9. The van der Waals surface area contributed by atoms with Gasteiger partial charge in [-0.05, 0) is 36.4 Å². The Balaban J connectivity index is 2.04. The van der Waals surface area contributed by atoms with Crippen molar-refractivity contribution >= 4 is 34.0 Å². The van der Waals surface area contributed by atoms with Crippen molar-refractivity contribution < 1.29 is 3.89 Å². The molecule has 0 spiro atoms. The molecule has 0 bridgehead atoms. The Bertz CT molecular complexity index is 575. The Kier molecular flexibility index (Phi) is 5.31. The summed E-state index contributed by atoms with van der Waals surface area (Å²) in [6.07, 6.45) is 0. The largest absolute Gasteiger partial charge is 0.277 e. The smallest absolute Gasteiger partial charge is 0.166 e. The van der Waals surface area contributed by atoms with E-state index in [-0.39, 0.29) is 12.3 Å². The number of anilines is 1. The van der Waals surface area contributed by atoms with E-state index in [4.69, 9.17) is 0 Å². The summed E-state index contributed by atoms with van der Waals surface area (Å²) in [4.78, 5) is 0. The highest BCUT2D eigenvalue weighted by Gasteiger charge is 2.05. The average Bonchev–Trinajstić information content (AvgIpc) is 2.46. The van der Waals surface area contributed by atoms with Crippen LogP contribution in [0.3, 0.4) is 0 Å². The molecular weight excluding hydrogens is 325 g/mol. The highest BCUT2D eigenvalue weighted by molar-refractivity contribution is 9.10. The fourth-order valence-corrected chi connectivity index (χ4v) is 2.08. The fourth-order valence-electron chi connectivity index (χ4n) is 1.50. The average molecular weight is 336 g/mol. The first-order valence-electron chi connectivity index (χ1n) is 5.65. The summed E-state index contributed by atoms with van der Waals surface area (Å²) in [6, 6.07) is 17.1. The van der Waals surface area contributed by atoms with Crippen molar-refractivity contribution in [3.8, 4) is 11.8 Å². The van der Waals surface area contributed by atoms with E-state index in [1.807, 2.05) is 54.6 Å². The van der Waals surface area contributed by atoms with Crippen LogP contribution in [0.25, 0.3) is 0 Å². The zero-order chi connectivity index (χ0) is 13.5. The van der Waals surface area contributed by atoms with Crippen molar-refractivity contribution in [3.05, 3.63) is 64.6 Å². The van der Waals surface area contributed by atoms with Gasteiger partial charge in [0.1, 0.15) is 0 Å². The first kappa shape index (κ1) is 14.0. The van der Waals surface area contributed by atoms with Crippen molar-refractivity contribution in [1.82, 2.24) is 0 Å². The zero-order valence-corrected chi connectivity index (χ0v) is 12.4. The first-order chi connectivity index (χ1) is 9.29. The van der Waals surface area contributed by atoms with Crippen LogP contribution < -0.4 is 4.31 Å². The number of hydrogen-bond donors (Lipinski definition) is 0. The lowest BCUT2D eigenvalue weighted by atomic mass is 10.2. The minimum Gasteiger partial charge on any atom is -0.277 e. The molecule has 0 atom stereocenters. The SMILES string of the molecule is FSN(CC#Cc1ccccc1)c1ccc(Br)cc1.